The molecule has 0 fully saturated rings. The summed E-state index contributed by atoms with van der Waals surface area (Å²) in [4.78, 5) is 23.0. The Bertz CT molecular complexity index is 775. The Morgan fingerprint density at radius 1 is 1.28 bits per heavy atom. The number of carbonyl (C=O) groups excluding carboxylic acids is 2. The summed E-state index contributed by atoms with van der Waals surface area (Å²) >= 11 is 0. The molecule has 2 aromatic rings. The molecule has 1 aliphatic heterocycles. The zero-order chi connectivity index (χ0) is 17.8. The molecule has 3 N–H and O–H groups in total. The van der Waals surface area contributed by atoms with E-state index in [9.17, 15) is 9.59 Å². The number of carbonyl (C=O) groups is 2. The Morgan fingerprint density at radius 3 is 2.72 bits per heavy atom. The van der Waals surface area contributed by atoms with Gasteiger partial charge in [-0.3, -0.25) is 4.79 Å². The van der Waals surface area contributed by atoms with Crippen LogP contribution in [-0.2, 0) is 11.4 Å². The molecule has 0 bridgehead atoms. The molecule has 25 heavy (non-hydrogen) atoms. The first-order valence-electron chi connectivity index (χ1n) is 7.69. The number of nitrogens with one attached hydrogen (secondary N) is 1. The number of Topliss-reactive ketones (excluding diaryl/α,β-unsaturated/α-hetero) is 1. The van der Waals surface area contributed by atoms with Crippen LogP contribution in [0.5, 0.6) is 11.5 Å². The SMILES string of the molecule is O=CC1COc2c(C(=O)C(O)O)ccc(OCc3ccccc3)c2N1. The predicted molar refractivity (Wildman–Crippen MR) is 88.7 cm³/mol. The van der Waals surface area contributed by atoms with Crippen LogP contribution in [0.1, 0.15) is 15.9 Å². The van der Waals surface area contributed by atoms with Crippen LogP contribution in [0.4, 0.5) is 5.69 Å². The van der Waals surface area contributed by atoms with Crippen LogP contribution >= 0.6 is 0 Å². The van der Waals surface area contributed by atoms with E-state index in [2.05, 4.69) is 5.32 Å². The summed E-state index contributed by atoms with van der Waals surface area (Å²) in [7, 11) is 0. The minimum absolute atomic E-state index is 0.00825. The number of hydrogen-bond acceptors (Lipinski definition) is 7. The van der Waals surface area contributed by atoms with Crippen molar-refractivity contribution in [2.75, 3.05) is 11.9 Å². The van der Waals surface area contributed by atoms with E-state index < -0.39 is 18.1 Å². The molecule has 1 atom stereocenters. The fourth-order valence-electron chi connectivity index (χ4n) is 2.51. The highest BCUT2D eigenvalue weighted by molar-refractivity contribution is 6.03. The van der Waals surface area contributed by atoms with Gasteiger partial charge < -0.3 is 29.8 Å². The number of ketones is 1. The number of benzene rings is 2. The van der Waals surface area contributed by atoms with Gasteiger partial charge in [-0.1, -0.05) is 30.3 Å². The minimum Gasteiger partial charge on any atom is -0.488 e. The van der Waals surface area contributed by atoms with Gasteiger partial charge in [0.25, 0.3) is 0 Å². The monoisotopic (exact) mass is 343 g/mol. The van der Waals surface area contributed by atoms with Crippen LogP contribution in [0.25, 0.3) is 0 Å². The third-order valence-corrected chi connectivity index (χ3v) is 3.76. The highest BCUT2D eigenvalue weighted by Gasteiger charge is 2.29. The first-order valence-corrected chi connectivity index (χ1v) is 7.69. The summed E-state index contributed by atoms with van der Waals surface area (Å²) in [5.41, 5.74) is 1.30. The second-order valence-corrected chi connectivity index (χ2v) is 5.53. The maximum absolute atomic E-state index is 11.9. The van der Waals surface area contributed by atoms with E-state index in [1.807, 2.05) is 30.3 Å². The number of fused-ring (bicyclic) bond motifs is 1. The Balaban J connectivity index is 1.93. The lowest BCUT2D eigenvalue weighted by atomic mass is 10.1. The largest absolute Gasteiger partial charge is 0.488 e. The summed E-state index contributed by atoms with van der Waals surface area (Å²) in [6, 6.07) is 11.8. The van der Waals surface area contributed by atoms with Crippen molar-refractivity contribution in [1.82, 2.24) is 0 Å². The molecule has 0 amide bonds. The lowest BCUT2D eigenvalue weighted by molar-refractivity contribution is -0.109. The normalized spacial score (nSPS) is 15.7. The van der Waals surface area contributed by atoms with Crippen LogP contribution in [0, 0.1) is 0 Å². The number of anilines is 1. The fourth-order valence-corrected chi connectivity index (χ4v) is 2.51. The average Bonchev–Trinajstić information content (AvgIpc) is 2.65. The molecule has 1 heterocycles. The molecule has 0 spiro atoms. The Morgan fingerprint density at radius 2 is 2.04 bits per heavy atom. The van der Waals surface area contributed by atoms with Gasteiger partial charge in [0.1, 0.15) is 37.0 Å². The first kappa shape index (κ1) is 16.9. The van der Waals surface area contributed by atoms with Crippen LogP contribution in [0.3, 0.4) is 0 Å². The first-order chi connectivity index (χ1) is 12.1. The number of ether oxygens (including phenoxy) is 2. The van der Waals surface area contributed by atoms with Crippen LogP contribution in [0.15, 0.2) is 42.5 Å². The van der Waals surface area contributed by atoms with E-state index in [1.165, 1.54) is 12.1 Å². The lowest BCUT2D eigenvalue weighted by Crippen LogP contribution is -2.34. The number of hydrogen-bond donors (Lipinski definition) is 3. The van der Waals surface area contributed by atoms with E-state index in [0.29, 0.717) is 17.7 Å². The predicted octanol–water partition coefficient (Wildman–Crippen LogP) is 1.13. The second kappa shape index (κ2) is 7.33. The van der Waals surface area contributed by atoms with E-state index in [1.54, 1.807) is 0 Å². The molecule has 0 aromatic heterocycles. The third-order valence-electron chi connectivity index (χ3n) is 3.76. The smallest absolute Gasteiger partial charge is 0.222 e. The maximum Gasteiger partial charge on any atom is 0.222 e. The van der Waals surface area contributed by atoms with Crippen molar-refractivity contribution in [1.29, 1.82) is 0 Å². The van der Waals surface area contributed by atoms with Gasteiger partial charge in [0.2, 0.25) is 12.1 Å². The third kappa shape index (κ3) is 3.62. The minimum atomic E-state index is -2.15. The molecule has 0 saturated carbocycles. The van der Waals surface area contributed by atoms with E-state index in [0.717, 1.165) is 5.56 Å². The molecular formula is C18H17NO6. The summed E-state index contributed by atoms with van der Waals surface area (Å²) in [5, 5.41) is 21.2. The highest BCUT2D eigenvalue weighted by atomic mass is 16.5. The number of aliphatic hydroxyl groups is 2. The van der Waals surface area contributed by atoms with Gasteiger partial charge in [-0.15, -0.1) is 0 Å². The summed E-state index contributed by atoms with van der Waals surface area (Å²) in [6.45, 7) is 0.317. The molecule has 1 aliphatic rings. The molecule has 2 aromatic carbocycles. The second-order valence-electron chi connectivity index (χ2n) is 5.53. The van der Waals surface area contributed by atoms with Crippen molar-refractivity contribution < 1.29 is 29.3 Å². The van der Waals surface area contributed by atoms with E-state index in [4.69, 9.17) is 19.7 Å². The van der Waals surface area contributed by atoms with Crippen LogP contribution in [-0.4, -0.2) is 41.2 Å². The molecule has 3 rings (SSSR count). The van der Waals surface area contributed by atoms with Crippen molar-refractivity contribution in [3.63, 3.8) is 0 Å². The van der Waals surface area contributed by atoms with Gasteiger partial charge in [0, 0.05) is 0 Å². The van der Waals surface area contributed by atoms with Gasteiger partial charge in [0.15, 0.2) is 5.75 Å². The van der Waals surface area contributed by atoms with Crippen molar-refractivity contribution in [2.24, 2.45) is 0 Å². The van der Waals surface area contributed by atoms with Crippen molar-refractivity contribution in [3.05, 3.63) is 53.6 Å². The Labute approximate surface area is 143 Å². The Kier molecular flexibility index (Phi) is 4.97. The molecule has 0 radical (unpaired) electrons. The van der Waals surface area contributed by atoms with Gasteiger partial charge in [-0.05, 0) is 17.7 Å². The number of aldehydes is 1. The standard InChI is InChI=1S/C18H17NO6/c20-8-12-10-25-17-13(16(21)18(22)23)6-7-14(15(17)19-12)24-9-11-4-2-1-3-5-11/h1-8,12,18-19,22-23H,9-10H2. The van der Waals surface area contributed by atoms with Gasteiger partial charge in [-0.25, -0.2) is 0 Å². The zero-order valence-corrected chi connectivity index (χ0v) is 13.2. The zero-order valence-electron chi connectivity index (χ0n) is 13.2. The Hall–Kier alpha value is -2.90. The molecule has 7 nitrogen and oxygen atoms in total. The maximum atomic E-state index is 11.9. The topological polar surface area (TPSA) is 105 Å². The van der Waals surface area contributed by atoms with Crippen LogP contribution in [0.2, 0.25) is 0 Å². The summed E-state index contributed by atoms with van der Waals surface area (Å²) in [5.74, 6) is -0.353. The summed E-state index contributed by atoms with van der Waals surface area (Å²) in [6.07, 6.45) is -1.45. The molecular weight excluding hydrogens is 326 g/mol. The van der Waals surface area contributed by atoms with Crippen LogP contribution < -0.4 is 14.8 Å². The number of aliphatic hydroxyl groups excluding tert-OH is 1. The van der Waals surface area contributed by atoms with E-state index in [-0.39, 0.29) is 24.5 Å². The fraction of sp³-hybridized carbons (Fsp3) is 0.222. The quantitative estimate of drug-likeness (QED) is 0.410. The van der Waals surface area contributed by atoms with Crippen molar-refractivity contribution in [3.8, 4) is 11.5 Å². The van der Waals surface area contributed by atoms with Gasteiger partial charge in [0.05, 0.1) is 5.56 Å². The average molecular weight is 343 g/mol. The lowest BCUT2D eigenvalue weighted by Gasteiger charge is -2.27. The molecule has 130 valence electrons. The molecule has 0 saturated heterocycles. The van der Waals surface area contributed by atoms with Crippen molar-refractivity contribution in [2.45, 2.75) is 18.9 Å². The van der Waals surface area contributed by atoms with E-state index >= 15 is 0 Å². The summed E-state index contributed by atoms with van der Waals surface area (Å²) < 4.78 is 11.3. The molecule has 0 aliphatic carbocycles. The number of rotatable bonds is 6. The molecule has 1 unspecified atom stereocenters. The highest BCUT2D eigenvalue weighted by Crippen LogP contribution is 2.41. The van der Waals surface area contributed by atoms with Gasteiger partial charge in [-0.2, -0.15) is 0 Å². The van der Waals surface area contributed by atoms with Gasteiger partial charge >= 0.3 is 0 Å². The van der Waals surface area contributed by atoms with Crippen molar-refractivity contribution >= 4 is 17.8 Å². The molecule has 7 heteroatoms.